The Balaban J connectivity index is 2.27. The van der Waals surface area contributed by atoms with Crippen LogP contribution in [0.5, 0.6) is 0 Å². The predicted molar refractivity (Wildman–Crippen MR) is 72.5 cm³/mol. The first-order chi connectivity index (χ1) is 9.41. The molecule has 0 atom stereocenters. The predicted octanol–water partition coefficient (Wildman–Crippen LogP) is 4.31. The Morgan fingerprint density at radius 1 is 1.25 bits per heavy atom. The number of unbranched alkanes of at least 4 members (excludes halogenated alkanes) is 1. The van der Waals surface area contributed by atoms with E-state index >= 15 is 0 Å². The van der Waals surface area contributed by atoms with Gasteiger partial charge in [0, 0.05) is 13.2 Å². The zero-order valence-electron chi connectivity index (χ0n) is 12.3. The van der Waals surface area contributed by atoms with Crippen molar-refractivity contribution < 1.29 is 23.0 Å². The third-order valence-electron chi connectivity index (χ3n) is 4.51. The van der Waals surface area contributed by atoms with Crippen LogP contribution in [0.15, 0.2) is 0 Å². The molecule has 0 unspecified atom stereocenters. The highest BCUT2D eigenvalue weighted by atomic mass is 19.4. The number of aliphatic hydroxyl groups excluding tert-OH is 1. The normalized spacial score (nSPS) is 27.8. The van der Waals surface area contributed by atoms with Gasteiger partial charge in [-0.15, -0.1) is 0 Å². The Kier molecular flexibility index (Phi) is 7.30. The van der Waals surface area contributed by atoms with Gasteiger partial charge in [0.2, 0.25) is 0 Å². The summed E-state index contributed by atoms with van der Waals surface area (Å²) >= 11 is 0. The molecular weight excluding hydrogens is 269 g/mol. The van der Waals surface area contributed by atoms with E-state index in [1.54, 1.807) is 0 Å². The lowest BCUT2D eigenvalue weighted by Gasteiger charge is -2.39. The average Bonchev–Trinajstić information content (AvgIpc) is 2.42. The van der Waals surface area contributed by atoms with Crippen LogP contribution < -0.4 is 0 Å². The molecule has 0 saturated heterocycles. The van der Waals surface area contributed by atoms with Crippen LogP contribution in [0.2, 0.25) is 0 Å². The average molecular weight is 296 g/mol. The molecule has 0 aromatic carbocycles. The van der Waals surface area contributed by atoms with Gasteiger partial charge in [0.25, 0.3) is 0 Å². The fourth-order valence-corrected chi connectivity index (χ4v) is 3.04. The van der Waals surface area contributed by atoms with E-state index in [0.717, 1.165) is 31.6 Å². The number of hydrogen-bond donors (Lipinski definition) is 1. The van der Waals surface area contributed by atoms with Gasteiger partial charge in [0.1, 0.15) is 6.61 Å². The fraction of sp³-hybridized carbons (Fsp3) is 1.00. The molecule has 1 aliphatic rings. The lowest BCUT2D eigenvalue weighted by atomic mass is 9.68. The van der Waals surface area contributed by atoms with Gasteiger partial charge in [0.05, 0.1) is 0 Å². The van der Waals surface area contributed by atoms with Crippen molar-refractivity contribution in [3.8, 4) is 0 Å². The van der Waals surface area contributed by atoms with E-state index in [1.807, 2.05) is 0 Å². The number of hydrogen-bond acceptors (Lipinski definition) is 2. The van der Waals surface area contributed by atoms with Gasteiger partial charge in [-0.1, -0.05) is 26.2 Å². The quantitative estimate of drug-likeness (QED) is 0.676. The van der Waals surface area contributed by atoms with Crippen LogP contribution in [0.4, 0.5) is 13.2 Å². The van der Waals surface area contributed by atoms with E-state index in [1.165, 1.54) is 19.3 Å². The SMILES string of the molecule is CCCCC1CCC(CO)(CCOCC(F)(F)F)CC1. The maximum absolute atomic E-state index is 12.0. The maximum atomic E-state index is 12.0. The molecule has 0 radical (unpaired) electrons. The van der Waals surface area contributed by atoms with Crippen molar-refractivity contribution in [3.63, 3.8) is 0 Å². The van der Waals surface area contributed by atoms with Crippen molar-refractivity contribution in [3.05, 3.63) is 0 Å². The summed E-state index contributed by atoms with van der Waals surface area (Å²) in [6, 6.07) is 0. The molecule has 1 rings (SSSR count). The van der Waals surface area contributed by atoms with E-state index < -0.39 is 12.8 Å². The molecule has 2 nitrogen and oxygen atoms in total. The van der Waals surface area contributed by atoms with Crippen LogP contribution in [0, 0.1) is 11.3 Å². The van der Waals surface area contributed by atoms with E-state index in [2.05, 4.69) is 11.7 Å². The second-order valence-electron chi connectivity index (χ2n) is 6.16. The molecule has 0 bridgehead atoms. The number of alkyl halides is 3. The topological polar surface area (TPSA) is 29.5 Å². The lowest BCUT2D eigenvalue weighted by Crippen LogP contribution is -2.33. The van der Waals surface area contributed by atoms with Crippen molar-refractivity contribution >= 4 is 0 Å². The minimum Gasteiger partial charge on any atom is -0.396 e. The van der Waals surface area contributed by atoms with Crippen molar-refractivity contribution in [2.24, 2.45) is 11.3 Å². The zero-order chi connectivity index (χ0) is 15.1. The van der Waals surface area contributed by atoms with Crippen LogP contribution in [-0.4, -0.2) is 31.1 Å². The first-order valence-corrected chi connectivity index (χ1v) is 7.66. The minimum absolute atomic E-state index is 0.0584. The second kappa shape index (κ2) is 8.23. The Morgan fingerprint density at radius 3 is 2.40 bits per heavy atom. The third kappa shape index (κ3) is 6.44. The molecule has 1 saturated carbocycles. The molecule has 1 fully saturated rings. The molecule has 5 heteroatoms. The smallest absolute Gasteiger partial charge is 0.396 e. The van der Waals surface area contributed by atoms with Crippen LogP contribution in [-0.2, 0) is 4.74 Å². The third-order valence-corrected chi connectivity index (χ3v) is 4.51. The molecule has 0 aromatic rings. The van der Waals surface area contributed by atoms with Crippen LogP contribution in [0.3, 0.4) is 0 Å². The number of rotatable bonds is 8. The maximum Gasteiger partial charge on any atom is 0.411 e. The molecule has 120 valence electrons. The summed E-state index contributed by atoms with van der Waals surface area (Å²) in [6.45, 7) is 1.13. The monoisotopic (exact) mass is 296 g/mol. The van der Waals surface area contributed by atoms with Gasteiger partial charge in [0.15, 0.2) is 0 Å². The molecule has 20 heavy (non-hydrogen) atoms. The zero-order valence-corrected chi connectivity index (χ0v) is 12.3. The fourth-order valence-electron chi connectivity index (χ4n) is 3.04. The summed E-state index contributed by atoms with van der Waals surface area (Å²) in [7, 11) is 0. The number of halogens is 3. The highest BCUT2D eigenvalue weighted by Crippen LogP contribution is 2.42. The Labute approximate surface area is 119 Å². The molecule has 0 aromatic heterocycles. The summed E-state index contributed by atoms with van der Waals surface area (Å²) in [5.41, 5.74) is -0.214. The molecule has 0 aliphatic heterocycles. The summed E-state index contributed by atoms with van der Waals surface area (Å²) < 4.78 is 40.7. The molecule has 0 amide bonds. The number of ether oxygens (including phenoxy) is 1. The summed E-state index contributed by atoms with van der Waals surface area (Å²) in [5.74, 6) is 0.728. The van der Waals surface area contributed by atoms with Gasteiger partial charge in [-0.05, 0) is 43.4 Å². The van der Waals surface area contributed by atoms with Gasteiger partial charge in [-0.2, -0.15) is 13.2 Å². The van der Waals surface area contributed by atoms with E-state index in [0.29, 0.717) is 6.42 Å². The standard InChI is InChI=1S/C15H27F3O2/c1-2-3-4-13-5-7-14(11-19,8-6-13)9-10-20-12-15(16,17)18/h13,19H,2-12H2,1H3. The van der Waals surface area contributed by atoms with Crippen molar-refractivity contribution in [1.29, 1.82) is 0 Å². The Bertz CT molecular complexity index is 258. The summed E-state index contributed by atoms with van der Waals surface area (Å²) in [6.07, 6.45) is 3.94. The summed E-state index contributed by atoms with van der Waals surface area (Å²) in [5, 5.41) is 9.59. The van der Waals surface area contributed by atoms with E-state index in [4.69, 9.17) is 0 Å². The van der Waals surface area contributed by atoms with Gasteiger partial charge in [-0.3, -0.25) is 0 Å². The number of aliphatic hydroxyl groups is 1. The van der Waals surface area contributed by atoms with Gasteiger partial charge >= 0.3 is 6.18 Å². The first-order valence-electron chi connectivity index (χ1n) is 7.66. The van der Waals surface area contributed by atoms with E-state index in [9.17, 15) is 18.3 Å². The lowest BCUT2D eigenvalue weighted by molar-refractivity contribution is -0.176. The largest absolute Gasteiger partial charge is 0.411 e. The first kappa shape index (κ1) is 17.8. The Hall–Kier alpha value is -0.290. The molecule has 1 N–H and O–H groups in total. The van der Waals surface area contributed by atoms with Crippen molar-refractivity contribution in [1.82, 2.24) is 0 Å². The van der Waals surface area contributed by atoms with Crippen molar-refractivity contribution in [2.45, 2.75) is 64.5 Å². The molecular formula is C15H27F3O2. The Morgan fingerprint density at radius 2 is 1.90 bits per heavy atom. The van der Waals surface area contributed by atoms with Gasteiger partial charge in [-0.25, -0.2) is 0 Å². The highest BCUT2D eigenvalue weighted by Gasteiger charge is 2.35. The second-order valence-corrected chi connectivity index (χ2v) is 6.16. The molecule has 1 aliphatic carbocycles. The minimum atomic E-state index is -4.26. The van der Waals surface area contributed by atoms with Crippen molar-refractivity contribution in [2.75, 3.05) is 19.8 Å². The van der Waals surface area contributed by atoms with Crippen LogP contribution in [0.1, 0.15) is 58.3 Å². The summed E-state index contributed by atoms with van der Waals surface area (Å²) in [4.78, 5) is 0. The van der Waals surface area contributed by atoms with Gasteiger partial charge < -0.3 is 9.84 Å². The highest BCUT2D eigenvalue weighted by molar-refractivity contribution is 4.85. The van der Waals surface area contributed by atoms with E-state index in [-0.39, 0.29) is 18.6 Å². The molecule has 0 heterocycles. The molecule has 0 spiro atoms. The van der Waals surface area contributed by atoms with Crippen LogP contribution in [0.25, 0.3) is 0 Å². The van der Waals surface area contributed by atoms with Crippen LogP contribution >= 0.6 is 0 Å².